The molecule has 178 valence electrons. The number of likely N-dealkylation sites (tertiary alicyclic amines) is 1. The molecule has 2 aliphatic rings. The maximum atomic E-state index is 13.3. The Hall–Kier alpha value is -0.920. The SMILES string of the molecule is CCSc1cc(N2CCC(CN3CCC(C(C)C)CC3)CC2)cc(C(F)(F)F)c1.CO. The van der Waals surface area contributed by atoms with E-state index in [0.29, 0.717) is 10.8 Å². The predicted octanol–water partition coefficient (Wildman–Crippen LogP) is 6.01. The van der Waals surface area contributed by atoms with Crippen LogP contribution in [0.25, 0.3) is 0 Å². The van der Waals surface area contributed by atoms with Crippen molar-refractivity contribution in [3.05, 3.63) is 23.8 Å². The van der Waals surface area contributed by atoms with Gasteiger partial charge in [0.2, 0.25) is 0 Å². The zero-order valence-electron chi connectivity index (χ0n) is 19.4. The van der Waals surface area contributed by atoms with Crippen molar-refractivity contribution >= 4 is 17.4 Å². The summed E-state index contributed by atoms with van der Waals surface area (Å²) in [6.45, 7) is 11.9. The summed E-state index contributed by atoms with van der Waals surface area (Å²) in [6.07, 6.45) is 0.448. The zero-order chi connectivity index (χ0) is 23.0. The van der Waals surface area contributed by atoms with Crippen LogP contribution in [-0.2, 0) is 6.18 Å². The summed E-state index contributed by atoms with van der Waals surface area (Å²) >= 11 is 1.48. The molecule has 2 fully saturated rings. The van der Waals surface area contributed by atoms with Gasteiger partial charge in [-0.2, -0.15) is 13.2 Å². The van der Waals surface area contributed by atoms with Crippen molar-refractivity contribution < 1.29 is 18.3 Å². The van der Waals surface area contributed by atoms with E-state index in [1.807, 2.05) is 13.0 Å². The van der Waals surface area contributed by atoms with E-state index in [0.717, 1.165) is 62.9 Å². The van der Waals surface area contributed by atoms with Crippen LogP contribution in [0.2, 0.25) is 0 Å². The quantitative estimate of drug-likeness (QED) is 0.526. The molecule has 2 heterocycles. The average molecular weight is 461 g/mol. The highest BCUT2D eigenvalue weighted by atomic mass is 32.2. The van der Waals surface area contributed by atoms with Gasteiger partial charge in [-0.3, -0.25) is 0 Å². The predicted molar refractivity (Wildman–Crippen MR) is 125 cm³/mol. The molecule has 2 aliphatic heterocycles. The highest BCUT2D eigenvalue weighted by molar-refractivity contribution is 7.99. The minimum absolute atomic E-state index is 0.527. The number of nitrogens with zero attached hydrogens (tertiary/aromatic N) is 2. The molecule has 7 heteroatoms. The molecule has 0 spiro atoms. The Balaban J connectivity index is 0.00000166. The molecule has 0 amide bonds. The van der Waals surface area contributed by atoms with Gasteiger partial charge >= 0.3 is 6.18 Å². The first-order valence-corrected chi connectivity index (χ1v) is 12.5. The number of alkyl halides is 3. The van der Waals surface area contributed by atoms with Gasteiger partial charge in [0.05, 0.1) is 5.56 Å². The van der Waals surface area contributed by atoms with Crippen LogP contribution in [0.3, 0.4) is 0 Å². The molecular weight excluding hydrogens is 421 g/mol. The average Bonchev–Trinajstić information content (AvgIpc) is 2.75. The number of piperidine rings is 2. The summed E-state index contributed by atoms with van der Waals surface area (Å²) < 4.78 is 40.0. The monoisotopic (exact) mass is 460 g/mol. The van der Waals surface area contributed by atoms with Crippen molar-refractivity contribution in [2.75, 3.05) is 50.5 Å². The maximum Gasteiger partial charge on any atom is 0.416 e. The molecule has 0 saturated carbocycles. The normalized spacial score (nSPS) is 19.5. The minimum atomic E-state index is -4.29. The second-order valence-electron chi connectivity index (χ2n) is 8.96. The third-order valence-electron chi connectivity index (χ3n) is 6.60. The van der Waals surface area contributed by atoms with Gasteiger partial charge in [0.15, 0.2) is 0 Å². The third-order valence-corrected chi connectivity index (χ3v) is 7.46. The molecule has 1 aromatic carbocycles. The lowest BCUT2D eigenvalue weighted by Crippen LogP contribution is -2.42. The summed E-state index contributed by atoms with van der Waals surface area (Å²) in [4.78, 5) is 5.48. The van der Waals surface area contributed by atoms with Gasteiger partial charge in [-0.25, -0.2) is 0 Å². The van der Waals surface area contributed by atoms with Crippen LogP contribution in [0.1, 0.15) is 52.0 Å². The third kappa shape index (κ3) is 7.86. The van der Waals surface area contributed by atoms with E-state index in [4.69, 9.17) is 5.11 Å². The van der Waals surface area contributed by atoms with Crippen molar-refractivity contribution in [2.24, 2.45) is 17.8 Å². The number of aliphatic hydroxyl groups is 1. The van der Waals surface area contributed by atoms with E-state index >= 15 is 0 Å². The Morgan fingerprint density at radius 2 is 1.61 bits per heavy atom. The Labute approximate surface area is 190 Å². The van der Waals surface area contributed by atoms with Gasteiger partial charge in [0.25, 0.3) is 0 Å². The van der Waals surface area contributed by atoms with E-state index in [1.165, 1.54) is 49.8 Å². The Bertz CT molecular complexity index is 653. The lowest BCUT2D eigenvalue weighted by Gasteiger charge is -2.39. The first kappa shape index (κ1) is 26.3. The van der Waals surface area contributed by atoms with Gasteiger partial charge in [0.1, 0.15) is 0 Å². The molecule has 0 radical (unpaired) electrons. The second kappa shape index (κ2) is 12.4. The Morgan fingerprint density at radius 3 is 2.13 bits per heavy atom. The number of anilines is 1. The van der Waals surface area contributed by atoms with Gasteiger partial charge in [0, 0.05) is 37.3 Å². The summed E-state index contributed by atoms with van der Waals surface area (Å²) in [5.41, 5.74) is 0.202. The molecule has 0 aromatic heterocycles. The summed E-state index contributed by atoms with van der Waals surface area (Å²) in [7, 11) is 1.00. The van der Waals surface area contributed by atoms with Crippen molar-refractivity contribution in [1.82, 2.24) is 4.90 Å². The molecule has 31 heavy (non-hydrogen) atoms. The molecule has 2 saturated heterocycles. The smallest absolute Gasteiger partial charge is 0.400 e. The number of rotatable bonds is 6. The van der Waals surface area contributed by atoms with Crippen LogP contribution in [-0.4, -0.2) is 55.6 Å². The second-order valence-corrected chi connectivity index (χ2v) is 10.3. The largest absolute Gasteiger partial charge is 0.416 e. The van der Waals surface area contributed by atoms with Crippen LogP contribution in [0.15, 0.2) is 23.1 Å². The first-order valence-electron chi connectivity index (χ1n) is 11.5. The zero-order valence-corrected chi connectivity index (χ0v) is 20.2. The molecule has 3 rings (SSSR count). The molecule has 0 aliphatic carbocycles. The highest BCUT2D eigenvalue weighted by Crippen LogP contribution is 2.37. The van der Waals surface area contributed by atoms with E-state index < -0.39 is 11.7 Å². The van der Waals surface area contributed by atoms with E-state index in [-0.39, 0.29) is 0 Å². The van der Waals surface area contributed by atoms with Crippen LogP contribution in [0, 0.1) is 17.8 Å². The molecule has 1 N–H and O–H groups in total. The fourth-order valence-electron chi connectivity index (χ4n) is 4.72. The topological polar surface area (TPSA) is 26.7 Å². The molecule has 0 bridgehead atoms. The van der Waals surface area contributed by atoms with Crippen LogP contribution >= 0.6 is 11.8 Å². The van der Waals surface area contributed by atoms with Crippen molar-refractivity contribution in [3.8, 4) is 0 Å². The number of thioether (sulfide) groups is 1. The van der Waals surface area contributed by atoms with Crippen molar-refractivity contribution in [1.29, 1.82) is 0 Å². The van der Waals surface area contributed by atoms with Crippen LogP contribution < -0.4 is 4.90 Å². The van der Waals surface area contributed by atoms with E-state index in [9.17, 15) is 13.2 Å². The number of benzene rings is 1. The summed E-state index contributed by atoms with van der Waals surface area (Å²) in [6, 6.07) is 4.54. The lowest BCUT2D eigenvalue weighted by molar-refractivity contribution is -0.137. The molecule has 0 unspecified atom stereocenters. The molecule has 1 aromatic rings. The Morgan fingerprint density at radius 1 is 1.00 bits per heavy atom. The number of hydrogen-bond donors (Lipinski definition) is 1. The van der Waals surface area contributed by atoms with Crippen molar-refractivity contribution in [3.63, 3.8) is 0 Å². The van der Waals surface area contributed by atoms with Gasteiger partial charge in [-0.15, -0.1) is 11.8 Å². The van der Waals surface area contributed by atoms with Gasteiger partial charge in [-0.05, 0) is 80.5 Å². The lowest BCUT2D eigenvalue weighted by atomic mass is 9.86. The fraction of sp³-hybridized carbons (Fsp3) is 0.750. The number of halogens is 3. The van der Waals surface area contributed by atoms with Gasteiger partial charge < -0.3 is 14.9 Å². The standard InChI is InChI=1S/C23H35F3N2S.CH4O/c1-4-29-22-14-20(23(24,25)26)13-21(15-22)28-11-5-18(6-12-28)16-27-9-7-19(8-10-27)17(2)3;1-2/h13-15,17-19H,4-12,16H2,1-3H3;2H,1H3. The molecular formula is C24H39F3N2OS. The van der Waals surface area contributed by atoms with Crippen LogP contribution in [0.4, 0.5) is 18.9 Å². The van der Waals surface area contributed by atoms with Crippen molar-refractivity contribution in [2.45, 2.75) is 57.5 Å². The first-order chi connectivity index (χ1) is 14.8. The minimum Gasteiger partial charge on any atom is -0.400 e. The fourth-order valence-corrected chi connectivity index (χ4v) is 5.47. The maximum absolute atomic E-state index is 13.3. The van der Waals surface area contributed by atoms with E-state index in [1.54, 1.807) is 0 Å². The summed E-state index contributed by atoms with van der Waals surface area (Å²) in [5, 5.41) is 7.00. The summed E-state index contributed by atoms with van der Waals surface area (Å²) in [5.74, 6) is 3.08. The van der Waals surface area contributed by atoms with Gasteiger partial charge in [-0.1, -0.05) is 20.8 Å². The van der Waals surface area contributed by atoms with Crippen LogP contribution in [0.5, 0.6) is 0 Å². The number of aliphatic hydroxyl groups excluding tert-OH is 1. The molecule has 0 atom stereocenters. The number of hydrogen-bond acceptors (Lipinski definition) is 4. The van der Waals surface area contributed by atoms with E-state index in [2.05, 4.69) is 23.6 Å². The Kier molecular flexibility index (Phi) is 10.5. The highest BCUT2D eigenvalue weighted by Gasteiger charge is 2.32. The molecule has 3 nitrogen and oxygen atoms in total.